The van der Waals surface area contributed by atoms with E-state index in [1.165, 1.54) is 4.90 Å². The number of carbonyl (C=O) groups is 1. The highest BCUT2D eigenvalue weighted by Gasteiger charge is 2.16. The number of nitrogens with zero attached hydrogens (tertiary/aromatic N) is 2. The van der Waals surface area contributed by atoms with Gasteiger partial charge in [-0.2, -0.15) is 0 Å². The molecule has 0 radical (unpaired) electrons. The van der Waals surface area contributed by atoms with Gasteiger partial charge in [0.25, 0.3) is 11.5 Å². The lowest BCUT2D eigenvalue weighted by molar-refractivity contribution is 0.0828. The van der Waals surface area contributed by atoms with E-state index in [0.29, 0.717) is 22.6 Å². The van der Waals surface area contributed by atoms with Crippen molar-refractivity contribution in [2.75, 3.05) is 14.1 Å². The van der Waals surface area contributed by atoms with Gasteiger partial charge in [-0.1, -0.05) is 29.8 Å². The van der Waals surface area contributed by atoms with Crippen LogP contribution in [0.5, 0.6) is 0 Å². The largest absolute Gasteiger partial charge is 0.357 e. The maximum absolute atomic E-state index is 12.6. The Morgan fingerprint density at radius 2 is 2.08 bits per heavy atom. The summed E-state index contributed by atoms with van der Waals surface area (Å²) in [6.45, 7) is 2.40. The van der Waals surface area contributed by atoms with Crippen molar-refractivity contribution < 1.29 is 4.79 Å². The number of hydrogen-bond donors (Lipinski definition) is 1. The zero-order chi connectivity index (χ0) is 18.8. The molecule has 2 heterocycles. The number of fused-ring (bicyclic) bond motifs is 1. The van der Waals surface area contributed by atoms with Crippen molar-refractivity contribution in [1.29, 1.82) is 0 Å². The molecule has 0 fully saturated rings. The number of hydrogen-bond acceptors (Lipinski definition) is 2. The molecule has 0 bridgehead atoms. The van der Waals surface area contributed by atoms with Crippen LogP contribution in [0.2, 0.25) is 5.02 Å². The lowest BCUT2D eigenvalue weighted by Gasteiger charge is -2.13. The van der Waals surface area contributed by atoms with E-state index in [0.717, 1.165) is 16.5 Å². The third kappa shape index (κ3) is 3.18. The number of allylic oxidation sites excluding steroid dienone is 2. The standard InChI is InChI=1S/C20H20ClN3O2/c1-4-5-10-24-12-16(14-8-9-22-18(14)20(24)26)13-6-7-15(17(21)11-13)19(25)23(2)3/h4-9,11-12,22H,10H2,1-3H3. The first-order chi connectivity index (χ1) is 12.4. The molecule has 1 aromatic carbocycles. The molecular formula is C20H20ClN3O2. The van der Waals surface area contributed by atoms with Gasteiger partial charge < -0.3 is 14.5 Å². The van der Waals surface area contributed by atoms with Crippen LogP contribution in [0.1, 0.15) is 17.3 Å². The second kappa shape index (κ2) is 7.22. The number of pyridine rings is 1. The van der Waals surface area contributed by atoms with Gasteiger partial charge in [0.1, 0.15) is 5.52 Å². The van der Waals surface area contributed by atoms with Crippen LogP contribution in [0.3, 0.4) is 0 Å². The highest BCUT2D eigenvalue weighted by Crippen LogP contribution is 2.30. The van der Waals surface area contributed by atoms with E-state index in [1.807, 2.05) is 37.4 Å². The molecule has 134 valence electrons. The molecule has 0 spiro atoms. The summed E-state index contributed by atoms with van der Waals surface area (Å²) in [4.78, 5) is 29.3. The number of halogens is 1. The number of aromatic nitrogens is 2. The molecule has 1 amide bonds. The summed E-state index contributed by atoms with van der Waals surface area (Å²) < 4.78 is 1.65. The zero-order valence-electron chi connectivity index (χ0n) is 14.9. The molecule has 0 atom stereocenters. The van der Waals surface area contributed by atoms with Gasteiger partial charge in [0, 0.05) is 44.0 Å². The first-order valence-corrected chi connectivity index (χ1v) is 8.65. The van der Waals surface area contributed by atoms with Gasteiger partial charge in [-0.15, -0.1) is 0 Å². The zero-order valence-corrected chi connectivity index (χ0v) is 15.7. The smallest absolute Gasteiger partial charge is 0.275 e. The fourth-order valence-electron chi connectivity index (χ4n) is 2.88. The molecule has 1 N–H and O–H groups in total. The van der Waals surface area contributed by atoms with Crippen molar-refractivity contribution in [2.24, 2.45) is 0 Å². The molecule has 6 heteroatoms. The lowest BCUT2D eigenvalue weighted by atomic mass is 10.0. The number of aromatic amines is 1. The first kappa shape index (κ1) is 18.0. The molecule has 3 aromatic rings. The van der Waals surface area contributed by atoms with E-state index >= 15 is 0 Å². The summed E-state index contributed by atoms with van der Waals surface area (Å²) in [5.74, 6) is -0.147. The molecule has 2 aromatic heterocycles. The van der Waals surface area contributed by atoms with Gasteiger partial charge >= 0.3 is 0 Å². The molecule has 0 saturated heterocycles. The van der Waals surface area contributed by atoms with Gasteiger partial charge in [0.2, 0.25) is 0 Å². The van der Waals surface area contributed by atoms with Crippen molar-refractivity contribution >= 4 is 28.4 Å². The van der Waals surface area contributed by atoms with Gasteiger partial charge in [-0.25, -0.2) is 0 Å². The Kier molecular flexibility index (Phi) is 5.00. The Hall–Kier alpha value is -2.79. The van der Waals surface area contributed by atoms with Crippen molar-refractivity contribution in [3.63, 3.8) is 0 Å². The number of amides is 1. The third-order valence-electron chi connectivity index (χ3n) is 4.25. The summed E-state index contributed by atoms with van der Waals surface area (Å²) in [6, 6.07) is 7.22. The van der Waals surface area contributed by atoms with Crippen LogP contribution < -0.4 is 5.56 Å². The van der Waals surface area contributed by atoms with Crippen molar-refractivity contribution in [2.45, 2.75) is 13.5 Å². The Morgan fingerprint density at radius 3 is 2.73 bits per heavy atom. The predicted molar refractivity (Wildman–Crippen MR) is 106 cm³/mol. The highest BCUT2D eigenvalue weighted by atomic mass is 35.5. The predicted octanol–water partition coefficient (Wildman–Crippen LogP) is 3.93. The Balaban J connectivity index is 2.17. The van der Waals surface area contributed by atoms with Gasteiger partial charge in [0.05, 0.1) is 10.6 Å². The summed E-state index contributed by atoms with van der Waals surface area (Å²) in [5, 5.41) is 1.21. The SMILES string of the molecule is CC=CCn1cc(-c2ccc(C(=O)N(C)C)c(Cl)c2)c2cc[nH]c2c1=O. The molecule has 26 heavy (non-hydrogen) atoms. The van der Waals surface area contributed by atoms with E-state index in [2.05, 4.69) is 4.98 Å². The van der Waals surface area contributed by atoms with Crippen molar-refractivity contribution in [1.82, 2.24) is 14.5 Å². The number of H-pyrrole nitrogens is 1. The molecule has 0 unspecified atom stereocenters. The van der Waals surface area contributed by atoms with Crippen LogP contribution in [0, 0.1) is 0 Å². The third-order valence-corrected chi connectivity index (χ3v) is 4.56. The fraction of sp³-hybridized carbons (Fsp3) is 0.200. The number of rotatable bonds is 4. The minimum absolute atomic E-state index is 0.0719. The van der Waals surface area contributed by atoms with Gasteiger partial charge in [0.15, 0.2) is 0 Å². The van der Waals surface area contributed by atoms with Crippen LogP contribution in [-0.4, -0.2) is 34.5 Å². The molecule has 0 saturated carbocycles. The average Bonchev–Trinajstić information content (AvgIpc) is 3.10. The first-order valence-electron chi connectivity index (χ1n) is 8.27. The second-order valence-corrected chi connectivity index (χ2v) is 6.64. The van der Waals surface area contributed by atoms with E-state index in [1.54, 1.807) is 37.0 Å². The minimum Gasteiger partial charge on any atom is -0.357 e. The average molecular weight is 370 g/mol. The summed E-state index contributed by atoms with van der Waals surface area (Å²) >= 11 is 6.36. The summed E-state index contributed by atoms with van der Waals surface area (Å²) in [7, 11) is 3.38. The van der Waals surface area contributed by atoms with Crippen LogP contribution >= 0.6 is 11.6 Å². The number of benzene rings is 1. The monoisotopic (exact) mass is 369 g/mol. The molecule has 0 aliphatic heterocycles. The van der Waals surface area contributed by atoms with Gasteiger partial charge in [-0.3, -0.25) is 9.59 Å². The topological polar surface area (TPSA) is 58.1 Å². The molecule has 0 aliphatic carbocycles. The maximum atomic E-state index is 12.6. The second-order valence-electron chi connectivity index (χ2n) is 6.23. The molecular weight excluding hydrogens is 350 g/mol. The quantitative estimate of drug-likeness (QED) is 0.708. The van der Waals surface area contributed by atoms with Crippen LogP contribution in [0.25, 0.3) is 22.0 Å². The van der Waals surface area contributed by atoms with E-state index in [-0.39, 0.29) is 11.5 Å². The number of carbonyl (C=O) groups excluding carboxylic acids is 1. The Bertz CT molecular complexity index is 1060. The van der Waals surface area contributed by atoms with E-state index in [9.17, 15) is 9.59 Å². The fourth-order valence-corrected chi connectivity index (χ4v) is 3.14. The molecule has 3 rings (SSSR count). The maximum Gasteiger partial charge on any atom is 0.275 e. The number of nitrogens with one attached hydrogen (secondary N) is 1. The normalized spacial score (nSPS) is 11.4. The van der Waals surface area contributed by atoms with Crippen molar-refractivity contribution in [3.8, 4) is 11.1 Å². The highest BCUT2D eigenvalue weighted by molar-refractivity contribution is 6.34. The minimum atomic E-state index is -0.147. The Morgan fingerprint density at radius 1 is 1.31 bits per heavy atom. The van der Waals surface area contributed by atoms with Gasteiger partial charge in [-0.05, 0) is 30.7 Å². The van der Waals surface area contributed by atoms with Crippen LogP contribution in [0.15, 0.2) is 53.6 Å². The molecule has 5 nitrogen and oxygen atoms in total. The summed E-state index contributed by atoms with van der Waals surface area (Å²) in [5.41, 5.74) is 2.67. The Labute approximate surface area is 156 Å². The van der Waals surface area contributed by atoms with E-state index < -0.39 is 0 Å². The summed E-state index contributed by atoms with van der Waals surface area (Å²) in [6.07, 6.45) is 7.41. The molecule has 0 aliphatic rings. The van der Waals surface area contributed by atoms with Crippen LogP contribution in [-0.2, 0) is 6.54 Å². The van der Waals surface area contributed by atoms with Crippen LogP contribution in [0.4, 0.5) is 0 Å². The van der Waals surface area contributed by atoms with E-state index in [4.69, 9.17) is 11.6 Å². The van der Waals surface area contributed by atoms with Crippen molar-refractivity contribution in [3.05, 3.63) is 69.8 Å². The lowest BCUT2D eigenvalue weighted by Crippen LogP contribution is -2.22.